The van der Waals surface area contributed by atoms with Crippen molar-refractivity contribution in [2.75, 3.05) is 7.11 Å². The minimum atomic E-state index is 0. The summed E-state index contributed by atoms with van der Waals surface area (Å²) in [5.74, 6) is 0. The van der Waals surface area contributed by atoms with Gasteiger partial charge in [0.15, 0.2) is 0 Å². The summed E-state index contributed by atoms with van der Waals surface area (Å²) in [7, 11) is 1.00. The smallest absolute Gasteiger partial charge is 0.0319 e. The Morgan fingerprint density at radius 2 is 1.09 bits per heavy atom. The van der Waals surface area contributed by atoms with Crippen LogP contribution in [-0.2, 0) is 0 Å². The number of rotatable bonds is 2. The largest absolute Gasteiger partial charge is 0.400 e. The van der Waals surface area contributed by atoms with Crippen LogP contribution in [0, 0.1) is 0 Å². The maximum atomic E-state index is 7.00. The lowest BCUT2D eigenvalue weighted by Gasteiger charge is -2.10. The number of nitrogens with one attached hydrogen (secondary N) is 1. The third kappa shape index (κ3) is 36.9. The van der Waals surface area contributed by atoms with Crippen molar-refractivity contribution in [3.63, 3.8) is 0 Å². The van der Waals surface area contributed by atoms with Gasteiger partial charge in [0.2, 0.25) is 0 Å². The van der Waals surface area contributed by atoms with Crippen molar-refractivity contribution >= 4 is 22.3 Å². The van der Waals surface area contributed by atoms with Gasteiger partial charge in [0.05, 0.1) is 0 Å². The van der Waals surface area contributed by atoms with Crippen LogP contribution >= 0.6 is 22.3 Å². The second-order valence-corrected chi connectivity index (χ2v) is 2.48. The maximum Gasteiger partial charge on any atom is 0.0319 e. The Bertz CT molecular complexity index is 47.7. The molecule has 0 aliphatic heterocycles. The van der Waals surface area contributed by atoms with Crippen LogP contribution in [0.5, 0.6) is 0 Å². The highest BCUT2D eigenvalue weighted by Crippen LogP contribution is 1.80. The molecule has 74 valence electrons. The molecule has 1 atom stereocenters. The first-order valence-corrected chi connectivity index (χ1v) is 3.33. The van der Waals surface area contributed by atoms with Crippen molar-refractivity contribution in [2.24, 2.45) is 0 Å². The van der Waals surface area contributed by atoms with E-state index in [0.717, 1.165) is 7.11 Å². The molecule has 0 aliphatic rings. The summed E-state index contributed by atoms with van der Waals surface area (Å²) in [5.41, 5.74) is 0. The summed E-state index contributed by atoms with van der Waals surface area (Å²) in [5, 5.41) is 10.3. The summed E-state index contributed by atoms with van der Waals surface area (Å²) < 4.78 is 0. The summed E-state index contributed by atoms with van der Waals surface area (Å²) >= 11 is 0. The van der Waals surface area contributed by atoms with Gasteiger partial charge in [-0.05, 0) is 0 Å². The van der Waals surface area contributed by atoms with Crippen LogP contribution < -0.4 is 5.32 Å². The van der Waals surface area contributed by atoms with E-state index in [1.54, 1.807) is 0 Å². The molecule has 0 saturated carbocycles. The number of halogens is 1. The van der Waals surface area contributed by atoms with Crippen LogP contribution in [0.15, 0.2) is 0 Å². The fourth-order valence-corrected chi connectivity index (χ4v) is 0.667. The minimum absolute atomic E-state index is 0. The highest BCUT2D eigenvalue weighted by atomic mass is 35.5. The molecule has 0 aromatic heterocycles. The molecule has 0 bridgehead atoms. The first-order valence-electron chi connectivity index (χ1n) is 3.33. The molecule has 0 aromatic rings. The Hall–Kier alpha value is 0.640. The molecule has 2 N–H and O–H groups in total. The second kappa shape index (κ2) is 16.9. The quantitative estimate of drug-likeness (QED) is 0.667. The van der Waals surface area contributed by atoms with Crippen LogP contribution in [0.1, 0.15) is 27.7 Å². The van der Waals surface area contributed by atoms with Crippen molar-refractivity contribution in [2.45, 2.75) is 39.8 Å². The van der Waals surface area contributed by atoms with Crippen LogP contribution in [-0.4, -0.2) is 24.3 Å². The summed E-state index contributed by atoms with van der Waals surface area (Å²) in [6.07, 6.45) is 0. The van der Waals surface area contributed by atoms with Gasteiger partial charge < -0.3 is 10.4 Å². The normalized spacial score (nSPS) is 7.64. The SMILES string of the molecule is CC(C)NC(C)C.CO.Cl.P. The Labute approximate surface area is 80.2 Å². The molecule has 11 heavy (non-hydrogen) atoms. The molecule has 1 unspecified atom stereocenters. The van der Waals surface area contributed by atoms with Gasteiger partial charge in [0, 0.05) is 19.2 Å². The number of aliphatic hydroxyl groups is 1. The van der Waals surface area contributed by atoms with Gasteiger partial charge in [-0.15, -0.1) is 12.4 Å². The third-order valence-corrected chi connectivity index (χ3v) is 0.667. The standard InChI is InChI=1S/C6H15N.CH4O.ClH.H3P/c1-5(2)7-6(3)4;1-2;;/h5-7H,1-4H3;2H,1H3;1H;1H3. The number of aliphatic hydroxyl groups excluding tert-OH is 1. The zero-order valence-corrected chi connectivity index (χ0v) is 10.4. The number of hydrogen-bond donors (Lipinski definition) is 2. The highest BCUT2D eigenvalue weighted by molar-refractivity contribution is 6.92. The van der Waals surface area contributed by atoms with E-state index in [1.165, 1.54) is 0 Å². The van der Waals surface area contributed by atoms with Crippen LogP contribution in [0.25, 0.3) is 0 Å². The monoisotopic (exact) mass is 203 g/mol. The van der Waals surface area contributed by atoms with Gasteiger partial charge >= 0.3 is 0 Å². The zero-order chi connectivity index (χ0) is 7.86. The van der Waals surface area contributed by atoms with Gasteiger partial charge in [-0.2, -0.15) is 9.90 Å². The van der Waals surface area contributed by atoms with Crippen molar-refractivity contribution < 1.29 is 5.11 Å². The molecule has 0 radical (unpaired) electrons. The Balaban J connectivity index is -0.0000000564. The second-order valence-electron chi connectivity index (χ2n) is 2.48. The molecular formula is C7H23ClNOP. The predicted molar refractivity (Wildman–Crippen MR) is 59.9 cm³/mol. The molecule has 0 aromatic carbocycles. The van der Waals surface area contributed by atoms with E-state index >= 15 is 0 Å². The highest BCUT2D eigenvalue weighted by Gasteiger charge is 1.92. The molecule has 0 spiro atoms. The molecule has 0 saturated heterocycles. The topological polar surface area (TPSA) is 32.3 Å². The lowest BCUT2D eigenvalue weighted by atomic mass is 10.3. The van der Waals surface area contributed by atoms with E-state index in [-0.39, 0.29) is 22.3 Å². The summed E-state index contributed by atoms with van der Waals surface area (Å²) in [4.78, 5) is 0. The van der Waals surface area contributed by atoms with Crippen molar-refractivity contribution in [3.05, 3.63) is 0 Å². The summed E-state index contributed by atoms with van der Waals surface area (Å²) in [6.45, 7) is 8.61. The fraction of sp³-hybridized carbons (Fsp3) is 1.00. The van der Waals surface area contributed by atoms with E-state index in [1.807, 2.05) is 0 Å². The van der Waals surface area contributed by atoms with Crippen LogP contribution in [0.3, 0.4) is 0 Å². The Morgan fingerprint density at radius 1 is 0.909 bits per heavy atom. The molecule has 0 aliphatic carbocycles. The van der Waals surface area contributed by atoms with Gasteiger partial charge in [-0.3, -0.25) is 0 Å². The third-order valence-electron chi connectivity index (χ3n) is 0.667. The van der Waals surface area contributed by atoms with Crippen LogP contribution in [0.2, 0.25) is 0 Å². The fourth-order valence-electron chi connectivity index (χ4n) is 0.667. The van der Waals surface area contributed by atoms with E-state index in [2.05, 4.69) is 33.0 Å². The Kier molecular flexibility index (Phi) is 34.8. The zero-order valence-electron chi connectivity index (χ0n) is 8.22. The summed E-state index contributed by atoms with van der Waals surface area (Å²) in [6, 6.07) is 1.25. The average Bonchev–Trinajstić information content (AvgIpc) is 1.68. The molecule has 0 amide bonds. The van der Waals surface area contributed by atoms with Crippen molar-refractivity contribution in [3.8, 4) is 0 Å². The molecule has 0 rings (SSSR count). The Morgan fingerprint density at radius 3 is 1.09 bits per heavy atom. The molecule has 2 nitrogen and oxygen atoms in total. The van der Waals surface area contributed by atoms with E-state index in [9.17, 15) is 0 Å². The lowest BCUT2D eigenvalue weighted by Crippen LogP contribution is -2.29. The van der Waals surface area contributed by atoms with Crippen LogP contribution in [0.4, 0.5) is 0 Å². The molecule has 0 fully saturated rings. The van der Waals surface area contributed by atoms with Crippen molar-refractivity contribution in [1.29, 1.82) is 0 Å². The molecule has 0 heterocycles. The van der Waals surface area contributed by atoms with Crippen molar-refractivity contribution in [1.82, 2.24) is 5.32 Å². The van der Waals surface area contributed by atoms with Gasteiger partial charge in [0.1, 0.15) is 0 Å². The average molecular weight is 204 g/mol. The van der Waals surface area contributed by atoms with Gasteiger partial charge in [-0.25, -0.2) is 0 Å². The maximum absolute atomic E-state index is 7.00. The molecular weight excluding hydrogens is 181 g/mol. The van der Waals surface area contributed by atoms with E-state index in [0.29, 0.717) is 12.1 Å². The van der Waals surface area contributed by atoms with Gasteiger partial charge in [0.25, 0.3) is 0 Å². The van der Waals surface area contributed by atoms with E-state index < -0.39 is 0 Å². The number of hydrogen-bond acceptors (Lipinski definition) is 2. The molecule has 4 heteroatoms. The van der Waals surface area contributed by atoms with E-state index in [4.69, 9.17) is 5.11 Å². The first-order chi connectivity index (χ1) is 4.13. The first kappa shape index (κ1) is 22.6. The minimum Gasteiger partial charge on any atom is -0.400 e. The van der Waals surface area contributed by atoms with Gasteiger partial charge in [-0.1, -0.05) is 27.7 Å². The predicted octanol–water partition coefficient (Wildman–Crippen LogP) is 1.48. The lowest BCUT2D eigenvalue weighted by molar-refractivity contribution is 0.399.